The Morgan fingerprint density at radius 1 is 1.67 bits per heavy atom. The standard InChI is InChI=1S/C9H15NS2/c1-11-6-2-4-9(8-10)5-3-7-12-9/h2-7H2,1H3. The molecule has 1 rings (SSSR count). The van der Waals surface area contributed by atoms with Gasteiger partial charge < -0.3 is 0 Å². The fraction of sp³-hybridized carbons (Fsp3) is 0.889. The van der Waals surface area contributed by atoms with Gasteiger partial charge in [0.2, 0.25) is 0 Å². The average Bonchev–Trinajstić information content (AvgIpc) is 2.55. The third-order valence-electron chi connectivity index (χ3n) is 2.24. The second kappa shape index (κ2) is 5.04. The number of thioether (sulfide) groups is 2. The van der Waals surface area contributed by atoms with Gasteiger partial charge in [-0.15, -0.1) is 11.8 Å². The monoisotopic (exact) mass is 201 g/mol. The van der Waals surface area contributed by atoms with E-state index in [0.29, 0.717) is 0 Å². The van der Waals surface area contributed by atoms with Crippen LogP contribution >= 0.6 is 23.5 Å². The molecule has 1 aliphatic heterocycles. The molecule has 0 spiro atoms. The van der Waals surface area contributed by atoms with Crippen LogP contribution < -0.4 is 0 Å². The van der Waals surface area contributed by atoms with Crippen LogP contribution in [0.1, 0.15) is 25.7 Å². The molecule has 0 N–H and O–H groups in total. The van der Waals surface area contributed by atoms with Gasteiger partial charge in [0.1, 0.15) is 4.75 Å². The summed E-state index contributed by atoms with van der Waals surface area (Å²) in [6.45, 7) is 0. The Morgan fingerprint density at radius 3 is 3.00 bits per heavy atom. The topological polar surface area (TPSA) is 23.8 Å². The predicted octanol–water partition coefficient (Wildman–Crippen LogP) is 2.92. The maximum Gasteiger partial charge on any atom is 0.102 e. The van der Waals surface area contributed by atoms with E-state index in [9.17, 15) is 0 Å². The van der Waals surface area contributed by atoms with Gasteiger partial charge in [-0.3, -0.25) is 0 Å². The third-order valence-corrected chi connectivity index (χ3v) is 4.48. The normalized spacial score (nSPS) is 28.7. The molecule has 12 heavy (non-hydrogen) atoms. The van der Waals surface area contributed by atoms with Crippen LogP contribution in [-0.4, -0.2) is 22.5 Å². The quantitative estimate of drug-likeness (QED) is 0.653. The van der Waals surface area contributed by atoms with Crippen molar-refractivity contribution in [3.8, 4) is 6.07 Å². The Kier molecular flexibility index (Phi) is 4.31. The molecule has 1 unspecified atom stereocenters. The van der Waals surface area contributed by atoms with E-state index in [1.165, 1.54) is 24.3 Å². The van der Waals surface area contributed by atoms with Gasteiger partial charge in [0.15, 0.2) is 0 Å². The van der Waals surface area contributed by atoms with E-state index >= 15 is 0 Å². The van der Waals surface area contributed by atoms with Crippen LogP contribution in [0.2, 0.25) is 0 Å². The number of nitrogens with zero attached hydrogens (tertiary/aromatic N) is 1. The lowest BCUT2D eigenvalue weighted by Gasteiger charge is -2.18. The summed E-state index contributed by atoms with van der Waals surface area (Å²) in [6, 6.07) is 2.49. The van der Waals surface area contributed by atoms with Crippen LogP contribution in [0.5, 0.6) is 0 Å². The molecule has 68 valence electrons. The number of nitriles is 1. The van der Waals surface area contributed by atoms with Gasteiger partial charge in [0.25, 0.3) is 0 Å². The number of hydrogen-bond donors (Lipinski definition) is 0. The summed E-state index contributed by atoms with van der Waals surface area (Å²) in [5.41, 5.74) is 0. The minimum absolute atomic E-state index is 0.00424. The molecule has 3 heteroatoms. The first-order chi connectivity index (χ1) is 5.83. The lowest BCUT2D eigenvalue weighted by atomic mass is 9.99. The number of rotatable bonds is 4. The molecule has 0 aromatic rings. The van der Waals surface area contributed by atoms with E-state index in [1.807, 2.05) is 23.5 Å². The Bertz CT molecular complexity index is 168. The molecule has 0 aromatic carbocycles. The predicted molar refractivity (Wildman–Crippen MR) is 57.7 cm³/mol. The average molecular weight is 201 g/mol. The first-order valence-electron chi connectivity index (χ1n) is 4.37. The highest BCUT2D eigenvalue weighted by Crippen LogP contribution is 2.41. The van der Waals surface area contributed by atoms with E-state index in [4.69, 9.17) is 5.26 Å². The van der Waals surface area contributed by atoms with Gasteiger partial charge in [-0.1, -0.05) is 0 Å². The molecule has 0 radical (unpaired) electrons. The fourth-order valence-corrected chi connectivity index (χ4v) is 3.30. The second-order valence-electron chi connectivity index (χ2n) is 3.15. The SMILES string of the molecule is CSCCCC1(C#N)CCCS1. The summed E-state index contributed by atoms with van der Waals surface area (Å²) in [4.78, 5) is 0. The van der Waals surface area contributed by atoms with E-state index in [-0.39, 0.29) is 4.75 Å². The van der Waals surface area contributed by atoms with Crippen molar-refractivity contribution >= 4 is 23.5 Å². The molecule has 1 saturated heterocycles. The van der Waals surface area contributed by atoms with Gasteiger partial charge in [0.05, 0.1) is 6.07 Å². The van der Waals surface area contributed by atoms with Crippen molar-refractivity contribution in [1.82, 2.24) is 0 Å². The molecular formula is C9H15NS2. The molecule has 0 aromatic heterocycles. The zero-order valence-corrected chi connectivity index (χ0v) is 9.14. The van der Waals surface area contributed by atoms with Gasteiger partial charge in [-0.05, 0) is 43.4 Å². The Morgan fingerprint density at radius 2 is 2.50 bits per heavy atom. The first-order valence-corrected chi connectivity index (χ1v) is 6.75. The maximum absolute atomic E-state index is 9.04. The molecule has 1 nitrogen and oxygen atoms in total. The van der Waals surface area contributed by atoms with Gasteiger partial charge in [0, 0.05) is 0 Å². The zero-order chi connectivity index (χ0) is 8.86. The molecule has 1 fully saturated rings. The maximum atomic E-state index is 9.04. The first kappa shape index (κ1) is 10.3. The van der Waals surface area contributed by atoms with Crippen LogP contribution in [-0.2, 0) is 0 Å². The Labute approximate surface area is 83.3 Å². The highest BCUT2D eigenvalue weighted by atomic mass is 32.2. The van der Waals surface area contributed by atoms with Crippen molar-refractivity contribution in [3.63, 3.8) is 0 Å². The zero-order valence-electron chi connectivity index (χ0n) is 7.51. The minimum atomic E-state index is -0.00424. The number of hydrogen-bond acceptors (Lipinski definition) is 3. The van der Waals surface area contributed by atoms with Crippen molar-refractivity contribution in [3.05, 3.63) is 0 Å². The van der Waals surface area contributed by atoms with Crippen molar-refractivity contribution in [2.24, 2.45) is 0 Å². The summed E-state index contributed by atoms with van der Waals surface area (Å²) in [7, 11) is 0. The highest BCUT2D eigenvalue weighted by Gasteiger charge is 2.33. The third kappa shape index (κ3) is 2.60. The van der Waals surface area contributed by atoms with Gasteiger partial charge >= 0.3 is 0 Å². The van der Waals surface area contributed by atoms with Gasteiger partial charge in [-0.25, -0.2) is 0 Å². The van der Waals surface area contributed by atoms with Crippen molar-refractivity contribution in [2.75, 3.05) is 17.8 Å². The van der Waals surface area contributed by atoms with Crippen molar-refractivity contribution in [1.29, 1.82) is 5.26 Å². The molecule has 0 saturated carbocycles. The highest BCUT2D eigenvalue weighted by molar-refractivity contribution is 8.01. The summed E-state index contributed by atoms with van der Waals surface area (Å²) < 4.78 is -0.00424. The van der Waals surface area contributed by atoms with E-state index in [1.54, 1.807) is 0 Å². The molecule has 1 aliphatic rings. The molecule has 1 atom stereocenters. The van der Waals surface area contributed by atoms with Crippen LogP contribution in [0.4, 0.5) is 0 Å². The Balaban J connectivity index is 2.30. The van der Waals surface area contributed by atoms with Crippen LogP contribution in [0.15, 0.2) is 0 Å². The van der Waals surface area contributed by atoms with Crippen LogP contribution in [0, 0.1) is 11.3 Å². The Hall–Kier alpha value is 0.190. The lowest BCUT2D eigenvalue weighted by molar-refractivity contribution is 0.614. The van der Waals surface area contributed by atoms with E-state index < -0.39 is 0 Å². The minimum Gasteiger partial charge on any atom is -0.197 e. The molecule has 0 bridgehead atoms. The van der Waals surface area contributed by atoms with Crippen molar-refractivity contribution in [2.45, 2.75) is 30.4 Å². The lowest BCUT2D eigenvalue weighted by Crippen LogP contribution is -2.18. The van der Waals surface area contributed by atoms with Crippen LogP contribution in [0.3, 0.4) is 0 Å². The molecule has 0 aliphatic carbocycles. The summed E-state index contributed by atoms with van der Waals surface area (Å²) in [5.74, 6) is 2.39. The van der Waals surface area contributed by atoms with E-state index in [0.717, 1.165) is 12.8 Å². The van der Waals surface area contributed by atoms with Crippen molar-refractivity contribution < 1.29 is 0 Å². The molecule has 1 heterocycles. The summed E-state index contributed by atoms with van der Waals surface area (Å²) in [5, 5.41) is 9.04. The molecular weight excluding hydrogens is 186 g/mol. The van der Waals surface area contributed by atoms with Crippen LogP contribution in [0.25, 0.3) is 0 Å². The molecule has 0 amide bonds. The summed E-state index contributed by atoms with van der Waals surface area (Å²) in [6.07, 6.45) is 6.76. The van der Waals surface area contributed by atoms with Gasteiger partial charge in [-0.2, -0.15) is 17.0 Å². The van der Waals surface area contributed by atoms with E-state index in [2.05, 4.69) is 12.3 Å². The second-order valence-corrected chi connectivity index (χ2v) is 5.62. The smallest absolute Gasteiger partial charge is 0.102 e. The fourth-order valence-electron chi connectivity index (χ4n) is 1.54. The summed E-state index contributed by atoms with van der Waals surface area (Å²) >= 11 is 3.75. The largest absolute Gasteiger partial charge is 0.197 e.